The van der Waals surface area contributed by atoms with Gasteiger partial charge in [0.05, 0.1) is 0 Å². The molecule has 2 amide bonds. The van der Waals surface area contributed by atoms with Gasteiger partial charge in [0.25, 0.3) is 5.91 Å². The molecular weight excluding hydrogens is 316 g/mol. The fraction of sp³-hybridized carbons (Fsp3) is 0.300. The maximum Gasteiger partial charge on any atom is 0.254 e. The third-order valence-corrected chi connectivity index (χ3v) is 4.48. The van der Waals surface area contributed by atoms with Crippen LogP contribution in [0.2, 0.25) is 0 Å². The summed E-state index contributed by atoms with van der Waals surface area (Å²) in [4.78, 5) is 28.4. The summed E-state index contributed by atoms with van der Waals surface area (Å²) in [6, 6.07) is 16.3. The molecular formula is C20H22N2O3. The molecule has 2 aromatic rings. The van der Waals surface area contributed by atoms with Crippen molar-refractivity contribution in [2.75, 3.05) is 26.2 Å². The van der Waals surface area contributed by atoms with E-state index in [1.54, 1.807) is 23.1 Å². The molecule has 1 fully saturated rings. The van der Waals surface area contributed by atoms with E-state index in [9.17, 15) is 14.7 Å². The minimum atomic E-state index is -0.104. The number of carbonyl (C=O) groups is 2. The summed E-state index contributed by atoms with van der Waals surface area (Å²) in [5.74, 6) is 0.112. The molecule has 0 spiro atoms. The molecule has 3 rings (SSSR count). The summed E-state index contributed by atoms with van der Waals surface area (Å²) in [6.07, 6.45) is 1.23. The zero-order valence-corrected chi connectivity index (χ0v) is 14.1. The van der Waals surface area contributed by atoms with Crippen LogP contribution in [0.15, 0.2) is 54.6 Å². The number of phenols is 1. The van der Waals surface area contributed by atoms with Crippen LogP contribution in [0.5, 0.6) is 5.75 Å². The van der Waals surface area contributed by atoms with Crippen LogP contribution < -0.4 is 0 Å². The average Bonchev–Trinajstić information content (AvgIpc) is 2.66. The second kappa shape index (κ2) is 7.83. The van der Waals surface area contributed by atoms with E-state index in [2.05, 4.69) is 0 Å². The fourth-order valence-electron chi connectivity index (χ4n) is 3.03. The highest BCUT2D eigenvalue weighted by molar-refractivity contribution is 5.94. The van der Waals surface area contributed by atoms with E-state index in [1.165, 1.54) is 6.07 Å². The zero-order valence-electron chi connectivity index (χ0n) is 14.1. The quantitative estimate of drug-likeness (QED) is 0.931. The smallest absolute Gasteiger partial charge is 0.254 e. The number of piperazine rings is 1. The van der Waals surface area contributed by atoms with Crippen molar-refractivity contribution in [1.29, 1.82) is 0 Å². The normalized spacial score (nSPS) is 14.4. The Morgan fingerprint density at radius 3 is 2.24 bits per heavy atom. The van der Waals surface area contributed by atoms with E-state index in [0.717, 1.165) is 12.0 Å². The van der Waals surface area contributed by atoms with Gasteiger partial charge in [-0.25, -0.2) is 0 Å². The number of rotatable bonds is 4. The van der Waals surface area contributed by atoms with Crippen molar-refractivity contribution in [2.45, 2.75) is 12.8 Å². The number of phenolic OH excluding ortho intramolecular Hbond substituents is 1. The minimum absolute atomic E-state index is 0.0839. The van der Waals surface area contributed by atoms with Crippen LogP contribution in [0.4, 0.5) is 0 Å². The second-order valence-electron chi connectivity index (χ2n) is 6.21. The van der Waals surface area contributed by atoms with Crippen LogP contribution in [-0.2, 0) is 11.2 Å². The number of hydrogen-bond acceptors (Lipinski definition) is 3. The van der Waals surface area contributed by atoms with Crippen LogP contribution in [-0.4, -0.2) is 52.9 Å². The molecule has 1 aliphatic rings. The molecule has 1 N–H and O–H groups in total. The number of aryl methyl sites for hydroxylation is 1. The monoisotopic (exact) mass is 338 g/mol. The van der Waals surface area contributed by atoms with Gasteiger partial charge in [-0.3, -0.25) is 9.59 Å². The Morgan fingerprint density at radius 1 is 0.880 bits per heavy atom. The summed E-state index contributed by atoms with van der Waals surface area (Å²) in [7, 11) is 0. The van der Waals surface area contributed by atoms with Gasteiger partial charge < -0.3 is 14.9 Å². The maximum atomic E-state index is 12.5. The first-order valence-electron chi connectivity index (χ1n) is 8.53. The molecule has 0 aromatic heterocycles. The summed E-state index contributed by atoms with van der Waals surface area (Å²) in [6.45, 7) is 2.15. The molecule has 25 heavy (non-hydrogen) atoms. The van der Waals surface area contributed by atoms with Crippen molar-refractivity contribution in [3.63, 3.8) is 0 Å². The molecule has 2 aromatic carbocycles. The Bertz CT molecular complexity index is 738. The lowest BCUT2D eigenvalue weighted by atomic mass is 10.1. The highest BCUT2D eigenvalue weighted by Crippen LogP contribution is 2.15. The molecule has 0 saturated carbocycles. The van der Waals surface area contributed by atoms with Gasteiger partial charge in [0.1, 0.15) is 5.75 Å². The van der Waals surface area contributed by atoms with Gasteiger partial charge in [0.15, 0.2) is 0 Å². The lowest BCUT2D eigenvalue weighted by Crippen LogP contribution is -2.50. The predicted octanol–water partition coefficient (Wildman–Crippen LogP) is 2.31. The number of amides is 2. The van der Waals surface area contributed by atoms with Crippen LogP contribution in [0, 0.1) is 0 Å². The molecule has 0 unspecified atom stereocenters. The van der Waals surface area contributed by atoms with Gasteiger partial charge >= 0.3 is 0 Å². The lowest BCUT2D eigenvalue weighted by molar-refractivity contribution is -0.132. The highest BCUT2D eigenvalue weighted by atomic mass is 16.3. The molecule has 130 valence electrons. The van der Waals surface area contributed by atoms with Gasteiger partial charge in [-0.15, -0.1) is 0 Å². The molecule has 0 radical (unpaired) electrons. The van der Waals surface area contributed by atoms with Crippen molar-refractivity contribution in [3.05, 3.63) is 65.7 Å². The first kappa shape index (κ1) is 17.0. The summed E-state index contributed by atoms with van der Waals surface area (Å²) < 4.78 is 0. The summed E-state index contributed by atoms with van der Waals surface area (Å²) in [5.41, 5.74) is 1.64. The van der Waals surface area contributed by atoms with Gasteiger partial charge in [-0.1, -0.05) is 36.4 Å². The summed E-state index contributed by atoms with van der Waals surface area (Å²) in [5, 5.41) is 9.50. The van der Waals surface area contributed by atoms with Crippen LogP contribution in [0.3, 0.4) is 0 Å². The zero-order chi connectivity index (χ0) is 17.6. The third-order valence-electron chi connectivity index (χ3n) is 4.48. The van der Waals surface area contributed by atoms with Crippen molar-refractivity contribution in [3.8, 4) is 5.75 Å². The fourth-order valence-corrected chi connectivity index (χ4v) is 3.03. The van der Waals surface area contributed by atoms with E-state index in [4.69, 9.17) is 0 Å². The molecule has 1 aliphatic heterocycles. The average molecular weight is 338 g/mol. The van der Waals surface area contributed by atoms with E-state index >= 15 is 0 Å². The van der Waals surface area contributed by atoms with Crippen molar-refractivity contribution >= 4 is 11.8 Å². The van der Waals surface area contributed by atoms with E-state index < -0.39 is 0 Å². The number of aromatic hydroxyl groups is 1. The number of benzene rings is 2. The Morgan fingerprint density at radius 2 is 1.56 bits per heavy atom. The number of nitrogens with zero attached hydrogens (tertiary/aromatic N) is 2. The molecule has 5 heteroatoms. The number of carbonyl (C=O) groups excluding carboxylic acids is 2. The summed E-state index contributed by atoms with van der Waals surface area (Å²) >= 11 is 0. The number of hydrogen-bond donors (Lipinski definition) is 1. The van der Waals surface area contributed by atoms with E-state index in [0.29, 0.717) is 38.2 Å². The van der Waals surface area contributed by atoms with Crippen molar-refractivity contribution in [1.82, 2.24) is 9.80 Å². The van der Waals surface area contributed by atoms with Crippen LogP contribution in [0.25, 0.3) is 0 Å². The van der Waals surface area contributed by atoms with Gasteiger partial charge in [-0.05, 0) is 30.2 Å². The largest absolute Gasteiger partial charge is 0.508 e. The first-order chi connectivity index (χ1) is 12.1. The molecule has 0 bridgehead atoms. The Labute approximate surface area is 147 Å². The SMILES string of the molecule is O=C(CCc1ccccc1)N1CCN(C(=O)c2cccc(O)c2)CC1. The highest BCUT2D eigenvalue weighted by Gasteiger charge is 2.24. The van der Waals surface area contributed by atoms with Gasteiger partial charge in [0.2, 0.25) is 5.91 Å². The van der Waals surface area contributed by atoms with Crippen molar-refractivity contribution in [2.24, 2.45) is 0 Å². The minimum Gasteiger partial charge on any atom is -0.508 e. The van der Waals surface area contributed by atoms with Gasteiger partial charge in [-0.2, -0.15) is 0 Å². The van der Waals surface area contributed by atoms with E-state index in [-0.39, 0.29) is 17.6 Å². The maximum absolute atomic E-state index is 12.5. The Kier molecular flexibility index (Phi) is 5.33. The molecule has 1 saturated heterocycles. The van der Waals surface area contributed by atoms with E-state index in [1.807, 2.05) is 35.2 Å². The Balaban J connectivity index is 1.49. The predicted molar refractivity (Wildman–Crippen MR) is 95.4 cm³/mol. The van der Waals surface area contributed by atoms with Crippen molar-refractivity contribution < 1.29 is 14.7 Å². The standard InChI is InChI=1S/C20H22N2O3/c23-18-8-4-7-17(15-18)20(25)22-13-11-21(12-14-22)19(24)10-9-16-5-2-1-3-6-16/h1-8,15,23H,9-14H2. The van der Waals surface area contributed by atoms with Gasteiger partial charge in [0, 0.05) is 38.2 Å². The van der Waals surface area contributed by atoms with Crippen LogP contribution in [0.1, 0.15) is 22.3 Å². The van der Waals surface area contributed by atoms with Crippen LogP contribution >= 0.6 is 0 Å². The topological polar surface area (TPSA) is 60.9 Å². The molecule has 5 nitrogen and oxygen atoms in total. The first-order valence-corrected chi connectivity index (χ1v) is 8.53. The third kappa shape index (κ3) is 4.38. The molecule has 0 aliphatic carbocycles. The molecule has 1 heterocycles. The molecule has 0 atom stereocenters. The second-order valence-corrected chi connectivity index (χ2v) is 6.21. The Hall–Kier alpha value is -2.82. The lowest BCUT2D eigenvalue weighted by Gasteiger charge is -2.35.